The van der Waals surface area contributed by atoms with Crippen molar-refractivity contribution in [1.29, 1.82) is 0 Å². The molecule has 0 spiro atoms. The highest BCUT2D eigenvalue weighted by molar-refractivity contribution is 5.80. The predicted molar refractivity (Wildman–Crippen MR) is 84.9 cm³/mol. The summed E-state index contributed by atoms with van der Waals surface area (Å²) in [6.45, 7) is 5.56. The molecule has 0 bridgehead atoms. The molecule has 1 amide bonds. The van der Waals surface area contributed by atoms with Crippen molar-refractivity contribution < 1.29 is 4.79 Å². The van der Waals surface area contributed by atoms with Crippen LogP contribution in [0.25, 0.3) is 0 Å². The molecule has 0 saturated carbocycles. The third kappa shape index (κ3) is 5.41. The van der Waals surface area contributed by atoms with Gasteiger partial charge in [0.25, 0.3) is 0 Å². The summed E-state index contributed by atoms with van der Waals surface area (Å²) in [5.74, 6) is 1.49. The van der Waals surface area contributed by atoms with Gasteiger partial charge in [-0.1, -0.05) is 6.92 Å². The molecule has 0 fully saturated rings. The summed E-state index contributed by atoms with van der Waals surface area (Å²) >= 11 is 0. The average molecular weight is 295 g/mol. The normalized spacial score (nSPS) is 10.1. The van der Waals surface area contributed by atoms with Crippen LogP contribution in [0.15, 0.2) is 0 Å². The van der Waals surface area contributed by atoms with Crippen LogP contribution in [0.4, 0.5) is 17.8 Å². The Morgan fingerprint density at radius 3 is 2.33 bits per heavy atom. The number of hydrogen-bond acceptors (Lipinski definition) is 7. The van der Waals surface area contributed by atoms with Crippen LogP contribution < -0.4 is 20.4 Å². The Hall–Kier alpha value is -2.12. The summed E-state index contributed by atoms with van der Waals surface area (Å²) in [5.41, 5.74) is 0. The number of amides is 1. The average Bonchev–Trinajstić information content (AvgIpc) is 2.44. The van der Waals surface area contributed by atoms with Gasteiger partial charge in [-0.3, -0.25) is 4.79 Å². The monoisotopic (exact) mass is 295 g/mol. The van der Waals surface area contributed by atoms with Gasteiger partial charge in [0.05, 0.1) is 6.54 Å². The van der Waals surface area contributed by atoms with E-state index in [-0.39, 0.29) is 12.5 Å². The summed E-state index contributed by atoms with van der Waals surface area (Å²) < 4.78 is 0. The Morgan fingerprint density at radius 1 is 1.10 bits per heavy atom. The standard InChI is InChI=1S/C13H25N7O/c1-6-8-15-11-16-12(19(3)4)18-13(17-11)20(5)9-10(21)14-7-2/h6-9H2,1-5H3,(H,14,21)(H,15,16,17,18). The van der Waals surface area contributed by atoms with Gasteiger partial charge in [-0.2, -0.15) is 15.0 Å². The second kappa shape index (κ2) is 8.23. The number of carbonyl (C=O) groups is 1. The first-order valence-corrected chi connectivity index (χ1v) is 7.13. The van der Waals surface area contributed by atoms with E-state index >= 15 is 0 Å². The van der Waals surface area contributed by atoms with Crippen LogP contribution in [0.2, 0.25) is 0 Å². The lowest BCUT2D eigenvalue weighted by molar-refractivity contribution is -0.119. The number of likely N-dealkylation sites (N-methyl/N-ethyl adjacent to an activating group) is 2. The molecule has 0 aliphatic rings. The molecule has 21 heavy (non-hydrogen) atoms. The van der Waals surface area contributed by atoms with Crippen LogP contribution in [0.1, 0.15) is 20.3 Å². The van der Waals surface area contributed by atoms with Crippen molar-refractivity contribution >= 4 is 23.8 Å². The van der Waals surface area contributed by atoms with Crippen LogP contribution in [0, 0.1) is 0 Å². The molecular formula is C13H25N7O. The third-order valence-corrected chi connectivity index (χ3v) is 2.64. The third-order valence-electron chi connectivity index (χ3n) is 2.64. The Morgan fingerprint density at radius 2 is 1.76 bits per heavy atom. The van der Waals surface area contributed by atoms with E-state index in [1.165, 1.54) is 0 Å². The second-order valence-corrected chi connectivity index (χ2v) is 4.89. The van der Waals surface area contributed by atoms with E-state index in [9.17, 15) is 4.79 Å². The topological polar surface area (TPSA) is 86.3 Å². The molecule has 1 rings (SSSR count). The molecule has 0 unspecified atom stereocenters. The number of rotatable bonds is 8. The number of aromatic nitrogens is 3. The second-order valence-electron chi connectivity index (χ2n) is 4.89. The van der Waals surface area contributed by atoms with Gasteiger partial charge < -0.3 is 20.4 Å². The molecule has 8 nitrogen and oxygen atoms in total. The Labute approximate surface area is 126 Å². The molecule has 0 aromatic carbocycles. The molecule has 1 aromatic rings. The fraction of sp³-hybridized carbons (Fsp3) is 0.692. The zero-order valence-electron chi connectivity index (χ0n) is 13.5. The zero-order chi connectivity index (χ0) is 15.8. The number of hydrogen-bond donors (Lipinski definition) is 2. The molecule has 1 heterocycles. The molecule has 0 aliphatic heterocycles. The first-order valence-electron chi connectivity index (χ1n) is 7.13. The molecule has 0 saturated heterocycles. The van der Waals surface area contributed by atoms with E-state index in [0.717, 1.165) is 13.0 Å². The lowest BCUT2D eigenvalue weighted by Gasteiger charge is -2.19. The van der Waals surface area contributed by atoms with Gasteiger partial charge in [0.1, 0.15) is 0 Å². The minimum Gasteiger partial charge on any atom is -0.355 e. The summed E-state index contributed by atoms with van der Waals surface area (Å²) in [6.07, 6.45) is 0.979. The molecule has 1 aromatic heterocycles. The minimum atomic E-state index is -0.0603. The van der Waals surface area contributed by atoms with Crippen molar-refractivity contribution in [1.82, 2.24) is 20.3 Å². The molecule has 0 aliphatic carbocycles. The predicted octanol–water partition coefficient (Wildman–Crippen LogP) is 0.332. The SMILES string of the molecule is CCCNc1nc(N(C)C)nc(N(C)CC(=O)NCC)n1. The lowest BCUT2D eigenvalue weighted by Crippen LogP contribution is -2.36. The van der Waals surface area contributed by atoms with E-state index in [4.69, 9.17) is 0 Å². The summed E-state index contributed by atoms with van der Waals surface area (Å²) in [6, 6.07) is 0. The van der Waals surface area contributed by atoms with Crippen LogP contribution in [0.3, 0.4) is 0 Å². The molecule has 8 heteroatoms. The number of anilines is 3. The van der Waals surface area contributed by atoms with Gasteiger partial charge in [0.2, 0.25) is 23.8 Å². The first-order chi connectivity index (χ1) is 9.97. The van der Waals surface area contributed by atoms with Crippen molar-refractivity contribution in [2.24, 2.45) is 0 Å². The number of carbonyl (C=O) groups excluding carboxylic acids is 1. The fourth-order valence-electron chi connectivity index (χ4n) is 1.58. The van der Waals surface area contributed by atoms with Gasteiger partial charge >= 0.3 is 0 Å². The maximum absolute atomic E-state index is 11.7. The molecule has 2 N–H and O–H groups in total. The van der Waals surface area contributed by atoms with Crippen LogP contribution in [-0.4, -0.2) is 61.6 Å². The lowest BCUT2D eigenvalue weighted by atomic mass is 10.5. The van der Waals surface area contributed by atoms with E-state index in [1.807, 2.05) is 25.9 Å². The molecule has 0 radical (unpaired) electrons. The van der Waals surface area contributed by atoms with Crippen molar-refractivity contribution in [3.63, 3.8) is 0 Å². The summed E-state index contributed by atoms with van der Waals surface area (Å²) in [7, 11) is 5.52. The number of nitrogens with one attached hydrogen (secondary N) is 2. The molecule has 0 atom stereocenters. The fourth-order valence-corrected chi connectivity index (χ4v) is 1.58. The van der Waals surface area contributed by atoms with E-state index in [0.29, 0.717) is 24.4 Å². The molecule has 118 valence electrons. The van der Waals surface area contributed by atoms with Crippen LogP contribution >= 0.6 is 0 Å². The summed E-state index contributed by atoms with van der Waals surface area (Å²) in [5, 5.41) is 5.90. The van der Waals surface area contributed by atoms with E-state index < -0.39 is 0 Å². The van der Waals surface area contributed by atoms with Crippen molar-refractivity contribution in [2.45, 2.75) is 20.3 Å². The largest absolute Gasteiger partial charge is 0.355 e. The van der Waals surface area contributed by atoms with Gasteiger partial charge in [0, 0.05) is 34.2 Å². The highest BCUT2D eigenvalue weighted by Crippen LogP contribution is 2.14. The highest BCUT2D eigenvalue weighted by atomic mass is 16.2. The van der Waals surface area contributed by atoms with Gasteiger partial charge in [-0.05, 0) is 13.3 Å². The van der Waals surface area contributed by atoms with Gasteiger partial charge in [-0.25, -0.2) is 0 Å². The van der Waals surface area contributed by atoms with Crippen LogP contribution in [-0.2, 0) is 4.79 Å². The first kappa shape index (κ1) is 16.9. The minimum absolute atomic E-state index is 0.0603. The smallest absolute Gasteiger partial charge is 0.239 e. The Bertz CT molecular complexity index is 464. The zero-order valence-corrected chi connectivity index (χ0v) is 13.5. The quantitative estimate of drug-likeness (QED) is 0.715. The number of nitrogens with zero attached hydrogens (tertiary/aromatic N) is 5. The van der Waals surface area contributed by atoms with Crippen molar-refractivity contribution in [3.8, 4) is 0 Å². The highest BCUT2D eigenvalue weighted by Gasteiger charge is 2.13. The van der Waals surface area contributed by atoms with Crippen LogP contribution in [0.5, 0.6) is 0 Å². The Balaban J connectivity index is 2.92. The van der Waals surface area contributed by atoms with E-state index in [2.05, 4.69) is 32.5 Å². The van der Waals surface area contributed by atoms with Gasteiger partial charge in [-0.15, -0.1) is 0 Å². The van der Waals surface area contributed by atoms with E-state index in [1.54, 1.807) is 11.9 Å². The maximum atomic E-state index is 11.7. The van der Waals surface area contributed by atoms with Gasteiger partial charge in [0.15, 0.2) is 0 Å². The van der Waals surface area contributed by atoms with Crippen molar-refractivity contribution in [3.05, 3.63) is 0 Å². The molecular weight excluding hydrogens is 270 g/mol. The van der Waals surface area contributed by atoms with Crippen molar-refractivity contribution in [2.75, 3.05) is 55.9 Å². The summed E-state index contributed by atoms with van der Waals surface area (Å²) in [4.78, 5) is 28.2. The maximum Gasteiger partial charge on any atom is 0.239 e. The Kier molecular flexibility index (Phi) is 6.64.